The van der Waals surface area contributed by atoms with E-state index in [0.717, 1.165) is 29.0 Å². The predicted octanol–water partition coefficient (Wildman–Crippen LogP) is 2.58. The zero-order valence-corrected chi connectivity index (χ0v) is 11.4. The van der Waals surface area contributed by atoms with E-state index in [4.69, 9.17) is 4.74 Å². The lowest BCUT2D eigenvalue weighted by Crippen LogP contribution is -2.25. The number of carbonyl (C=O) groups is 1. The van der Waals surface area contributed by atoms with Crippen LogP contribution in [0.1, 0.15) is 31.4 Å². The van der Waals surface area contributed by atoms with Crippen LogP contribution in [-0.4, -0.2) is 18.2 Å². The molecule has 4 nitrogen and oxygen atoms in total. The van der Waals surface area contributed by atoms with Gasteiger partial charge in [-0.2, -0.15) is 5.10 Å². The summed E-state index contributed by atoms with van der Waals surface area (Å²) >= 11 is 0. The molecule has 0 aliphatic rings. The Morgan fingerprint density at radius 3 is 2.78 bits per heavy atom. The number of aryl methyl sites for hydroxylation is 2. The van der Waals surface area contributed by atoms with Crippen molar-refractivity contribution in [3.63, 3.8) is 0 Å². The van der Waals surface area contributed by atoms with E-state index in [-0.39, 0.29) is 12.5 Å². The van der Waals surface area contributed by atoms with Crippen molar-refractivity contribution in [3.05, 3.63) is 29.3 Å². The molecule has 0 radical (unpaired) electrons. The molecule has 1 amide bonds. The molecule has 0 saturated heterocycles. The number of benzene rings is 1. The van der Waals surface area contributed by atoms with Gasteiger partial charge in [-0.1, -0.05) is 19.1 Å². The monoisotopic (exact) mass is 248 g/mol. The topological polar surface area (TPSA) is 50.7 Å². The summed E-state index contributed by atoms with van der Waals surface area (Å²) in [6.07, 6.45) is 0.818. The maximum Gasteiger partial charge on any atom is 0.277 e. The highest BCUT2D eigenvalue weighted by molar-refractivity contribution is 5.84. The van der Waals surface area contributed by atoms with Crippen LogP contribution in [0, 0.1) is 13.8 Å². The molecule has 0 aromatic heterocycles. The van der Waals surface area contributed by atoms with Crippen LogP contribution in [0.5, 0.6) is 5.75 Å². The molecule has 1 rings (SSSR count). The van der Waals surface area contributed by atoms with Crippen LogP contribution in [0.2, 0.25) is 0 Å². The predicted molar refractivity (Wildman–Crippen MR) is 73.0 cm³/mol. The van der Waals surface area contributed by atoms with Crippen molar-refractivity contribution in [2.24, 2.45) is 5.10 Å². The zero-order chi connectivity index (χ0) is 13.5. The highest BCUT2D eigenvalue weighted by atomic mass is 16.5. The maximum absolute atomic E-state index is 11.5. The van der Waals surface area contributed by atoms with Gasteiger partial charge in [-0.25, -0.2) is 5.43 Å². The van der Waals surface area contributed by atoms with Gasteiger partial charge in [0.05, 0.1) is 0 Å². The molecule has 0 fully saturated rings. The van der Waals surface area contributed by atoms with Crippen LogP contribution in [-0.2, 0) is 4.79 Å². The molecule has 0 bridgehead atoms. The quantitative estimate of drug-likeness (QED) is 0.643. The van der Waals surface area contributed by atoms with Gasteiger partial charge in [0.15, 0.2) is 6.61 Å². The minimum absolute atomic E-state index is 0.0230. The van der Waals surface area contributed by atoms with Gasteiger partial charge in [0.25, 0.3) is 5.91 Å². The number of hydrogen-bond acceptors (Lipinski definition) is 3. The second-order valence-corrected chi connectivity index (χ2v) is 4.29. The molecule has 18 heavy (non-hydrogen) atoms. The van der Waals surface area contributed by atoms with E-state index < -0.39 is 0 Å². The maximum atomic E-state index is 11.5. The first-order chi connectivity index (χ1) is 8.52. The molecule has 0 saturated carbocycles. The zero-order valence-electron chi connectivity index (χ0n) is 11.4. The number of hydrogen-bond donors (Lipinski definition) is 1. The first-order valence-electron chi connectivity index (χ1n) is 6.05. The molecular formula is C14H20N2O2. The van der Waals surface area contributed by atoms with E-state index >= 15 is 0 Å². The number of hydrazone groups is 1. The number of amides is 1. The Kier molecular flexibility index (Phi) is 5.36. The van der Waals surface area contributed by atoms with Crippen LogP contribution in [0.3, 0.4) is 0 Å². The van der Waals surface area contributed by atoms with Crippen molar-refractivity contribution < 1.29 is 9.53 Å². The molecular weight excluding hydrogens is 228 g/mol. The molecule has 1 N–H and O–H groups in total. The average molecular weight is 248 g/mol. The van der Waals surface area contributed by atoms with Gasteiger partial charge in [0.1, 0.15) is 5.75 Å². The Morgan fingerprint density at radius 2 is 2.11 bits per heavy atom. The Hall–Kier alpha value is -1.84. The smallest absolute Gasteiger partial charge is 0.277 e. The number of carbonyl (C=O) groups excluding carboxylic acids is 1. The third-order valence-electron chi connectivity index (χ3n) is 2.59. The van der Waals surface area contributed by atoms with E-state index in [1.54, 1.807) is 0 Å². The van der Waals surface area contributed by atoms with E-state index in [1.165, 1.54) is 0 Å². The summed E-state index contributed by atoms with van der Waals surface area (Å²) in [5.41, 5.74) is 5.47. The number of ether oxygens (including phenoxy) is 1. The fourth-order valence-corrected chi connectivity index (χ4v) is 1.28. The average Bonchev–Trinajstić information content (AvgIpc) is 2.36. The Bertz CT molecular complexity index is 453. The van der Waals surface area contributed by atoms with Crippen molar-refractivity contribution in [2.45, 2.75) is 34.1 Å². The summed E-state index contributed by atoms with van der Waals surface area (Å²) < 4.78 is 5.46. The van der Waals surface area contributed by atoms with Crippen LogP contribution in [0.25, 0.3) is 0 Å². The Morgan fingerprint density at radius 1 is 1.39 bits per heavy atom. The normalized spacial score (nSPS) is 11.2. The van der Waals surface area contributed by atoms with Crippen LogP contribution in [0.4, 0.5) is 0 Å². The summed E-state index contributed by atoms with van der Waals surface area (Å²) in [4.78, 5) is 11.5. The molecule has 0 heterocycles. The Balaban J connectivity index is 2.50. The SMILES string of the molecule is CC/C(C)=N\NC(=O)COc1cc(C)ccc1C. The summed E-state index contributed by atoms with van der Waals surface area (Å²) in [7, 11) is 0. The molecule has 1 aromatic carbocycles. The fourth-order valence-electron chi connectivity index (χ4n) is 1.28. The highest BCUT2D eigenvalue weighted by Crippen LogP contribution is 2.18. The van der Waals surface area contributed by atoms with Gasteiger partial charge in [-0.05, 0) is 44.4 Å². The molecule has 0 atom stereocenters. The Labute approximate surface area is 108 Å². The van der Waals surface area contributed by atoms with Crippen molar-refractivity contribution in [1.82, 2.24) is 5.43 Å². The van der Waals surface area contributed by atoms with Gasteiger partial charge in [0.2, 0.25) is 0 Å². The standard InChI is InChI=1S/C14H20N2O2/c1-5-12(4)15-16-14(17)9-18-13-8-10(2)6-7-11(13)3/h6-8H,5,9H2,1-4H3,(H,16,17)/b15-12-. The largest absolute Gasteiger partial charge is 0.483 e. The third-order valence-corrected chi connectivity index (χ3v) is 2.59. The van der Waals surface area contributed by atoms with Crippen LogP contribution in [0.15, 0.2) is 23.3 Å². The molecule has 0 spiro atoms. The van der Waals surface area contributed by atoms with Gasteiger partial charge < -0.3 is 4.74 Å². The van der Waals surface area contributed by atoms with E-state index in [2.05, 4.69) is 10.5 Å². The van der Waals surface area contributed by atoms with Gasteiger partial charge in [-0.15, -0.1) is 0 Å². The highest BCUT2D eigenvalue weighted by Gasteiger charge is 2.04. The lowest BCUT2D eigenvalue weighted by Gasteiger charge is -2.09. The fraction of sp³-hybridized carbons (Fsp3) is 0.429. The first-order valence-corrected chi connectivity index (χ1v) is 6.05. The van der Waals surface area contributed by atoms with Crippen LogP contribution >= 0.6 is 0 Å². The number of nitrogens with zero attached hydrogens (tertiary/aromatic N) is 1. The van der Waals surface area contributed by atoms with Crippen LogP contribution < -0.4 is 10.2 Å². The summed E-state index contributed by atoms with van der Waals surface area (Å²) in [5.74, 6) is 0.491. The molecule has 1 aromatic rings. The molecule has 0 aliphatic heterocycles. The number of nitrogens with one attached hydrogen (secondary N) is 1. The van der Waals surface area contributed by atoms with Crippen molar-refractivity contribution >= 4 is 11.6 Å². The molecule has 0 aliphatic carbocycles. The lowest BCUT2D eigenvalue weighted by atomic mass is 10.1. The molecule has 4 heteroatoms. The van der Waals surface area contributed by atoms with E-state index in [9.17, 15) is 4.79 Å². The molecule has 0 unspecified atom stereocenters. The summed E-state index contributed by atoms with van der Waals surface area (Å²) in [6.45, 7) is 7.77. The van der Waals surface area contributed by atoms with E-state index in [1.807, 2.05) is 45.9 Å². The van der Waals surface area contributed by atoms with Crippen molar-refractivity contribution in [2.75, 3.05) is 6.61 Å². The van der Waals surface area contributed by atoms with E-state index in [0.29, 0.717) is 0 Å². The van der Waals surface area contributed by atoms with Crippen molar-refractivity contribution in [3.8, 4) is 5.75 Å². The molecule has 98 valence electrons. The first kappa shape index (κ1) is 14.2. The minimum Gasteiger partial charge on any atom is -0.483 e. The second kappa shape index (κ2) is 6.79. The summed E-state index contributed by atoms with van der Waals surface area (Å²) in [6, 6.07) is 5.91. The van der Waals surface area contributed by atoms with Gasteiger partial charge >= 0.3 is 0 Å². The minimum atomic E-state index is -0.247. The van der Waals surface area contributed by atoms with Crippen molar-refractivity contribution in [1.29, 1.82) is 0 Å². The number of rotatable bonds is 5. The summed E-state index contributed by atoms with van der Waals surface area (Å²) in [5, 5.41) is 3.93. The van der Waals surface area contributed by atoms with Gasteiger partial charge in [-0.3, -0.25) is 4.79 Å². The second-order valence-electron chi connectivity index (χ2n) is 4.29. The lowest BCUT2D eigenvalue weighted by molar-refractivity contribution is -0.123. The van der Waals surface area contributed by atoms with Gasteiger partial charge in [0, 0.05) is 5.71 Å². The third kappa shape index (κ3) is 4.57.